The number of benzene rings is 2. The minimum absolute atomic E-state index is 0.356. The molecule has 0 aliphatic heterocycles. The second kappa shape index (κ2) is 5.55. The van der Waals surface area contributed by atoms with Crippen molar-refractivity contribution < 1.29 is 9.53 Å². The molecule has 2 rings (SSSR count). The third kappa shape index (κ3) is 2.74. The van der Waals surface area contributed by atoms with Crippen LogP contribution in [-0.4, -0.2) is 13.1 Å². The average molecular weight is 326 g/mol. The SMILES string of the molecule is COC(=O)c1cccc(-c2ccc(Br)cc2Cl)c1. The standard InChI is InChI=1S/C14H10BrClO2/c1-18-14(17)10-4-2-3-9(7-10)12-6-5-11(15)8-13(12)16/h2-8H,1H3. The van der Waals surface area contributed by atoms with Gasteiger partial charge in [0.05, 0.1) is 12.7 Å². The summed E-state index contributed by atoms with van der Waals surface area (Å²) >= 11 is 9.54. The zero-order valence-electron chi connectivity index (χ0n) is 9.61. The fraction of sp³-hybridized carbons (Fsp3) is 0.0714. The summed E-state index contributed by atoms with van der Waals surface area (Å²) < 4.78 is 5.61. The van der Waals surface area contributed by atoms with Crippen LogP contribution in [0.5, 0.6) is 0 Å². The number of esters is 1. The largest absolute Gasteiger partial charge is 0.465 e. The monoisotopic (exact) mass is 324 g/mol. The van der Waals surface area contributed by atoms with Gasteiger partial charge >= 0.3 is 5.97 Å². The number of halogens is 2. The van der Waals surface area contributed by atoms with E-state index in [0.717, 1.165) is 15.6 Å². The molecule has 0 bridgehead atoms. The van der Waals surface area contributed by atoms with Crippen molar-refractivity contribution in [3.8, 4) is 11.1 Å². The van der Waals surface area contributed by atoms with E-state index >= 15 is 0 Å². The van der Waals surface area contributed by atoms with Gasteiger partial charge in [0.2, 0.25) is 0 Å². The number of rotatable bonds is 2. The lowest BCUT2D eigenvalue weighted by molar-refractivity contribution is 0.0601. The fourth-order valence-electron chi connectivity index (χ4n) is 1.66. The number of carbonyl (C=O) groups is 1. The lowest BCUT2D eigenvalue weighted by Gasteiger charge is -2.07. The molecule has 0 fully saturated rings. The molecule has 2 aromatic carbocycles. The molecule has 0 radical (unpaired) electrons. The van der Waals surface area contributed by atoms with Gasteiger partial charge in [-0.1, -0.05) is 45.7 Å². The lowest BCUT2D eigenvalue weighted by atomic mass is 10.0. The van der Waals surface area contributed by atoms with E-state index in [1.54, 1.807) is 18.2 Å². The van der Waals surface area contributed by atoms with Gasteiger partial charge in [-0.15, -0.1) is 0 Å². The summed E-state index contributed by atoms with van der Waals surface area (Å²) in [6.07, 6.45) is 0. The molecule has 0 saturated carbocycles. The van der Waals surface area contributed by atoms with Crippen molar-refractivity contribution >= 4 is 33.5 Å². The van der Waals surface area contributed by atoms with Crippen molar-refractivity contribution in [2.75, 3.05) is 7.11 Å². The van der Waals surface area contributed by atoms with E-state index in [1.165, 1.54) is 7.11 Å². The molecule has 92 valence electrons. The highest BCUT2D eigenvalue weighted by Gasteiger charge is 2.09. The third-order valence-electron chi connectivity index (χ3n) is 2.53. The summed E-state index contributed by atoms with van der Waals surface area (Å²) in [5.74, 6) is -0.356. The Balaban J connectivity index is 2.48. The molecule has 18 heavy (non-hydrogen) atoms. The van der Waals surface area contributed by atoms with Crippen LogP contribution in [0.2, 0.25) is 5.02 Å². The number of hydrogen-bond donors (Lipinski definition) is 0. The molecule has 2 aromatic rings. The van der Waals surface area contributed by atoms with Crippen LogP contribution in [0.3, 0.4) is 0 Å². The van der Waals surface area contributed by atoms with E-state index in [2.05, 4.69) is 15.9 Å². The third-order valence-corrected chi connectivity index (χ3v) is 3.33. The molecule has 0 aliphatic rings. The van der Waals surface area contributed by atoms with Crippen LogP contribution in [0.15, 0.2) is 46.9 Å². The van der Waals surface area contributed by atoms with Crippen molar-refractivity contribution in [3.05, 3.63) is 57.5 Å². The second-order valence-corrected chi connectivity index (χ2v) is 5.02. The van der Waals surface area contributed by atoms with Gasteiger partial charge < -0.3 is 4.74 Å². The Morgan fingerprint density at radius 1 is 1.22 bits per heavy atom. The van der Waals surface area contributed by atoms with E-state index in [4.69, 9.17) is 16.3 Å². The smallest absolute Gasteiger partial charge is 0.337 e. The van der Waals surface area contributed by atoms with Crippen LogP contribution in [0.25, 0.3) is 11.1 Å². The normalized spacial score (nSPS) is 10.2. The van der Waals surface area contributed by atoms with Crippen LogP contribution in [-0.2, 0) is 4.74 Å². The van der Waals surface area contributed by atoms with Gasteiger partial charge in [0.25, 0.3) is 0 Å². The summed E-state index contributed by atoms with van der Waals surface area (Å²) in [4.78, 5) is 11.5. The Morgan fingerprint density at radius 2 is 2.00 bits per heavy atom. The maximum atomic E-state index is 11.5. The second-order valence-electron chi connectivity index (χ2n) is 3.70. The lowest BCUT2D eigenvalue weighted by Crippen LogP contribution is -2.00. The molecule has 2 nitrogen and oxygen atoms in total. The number of methoxy groups -OCH3 is 1. The maximum Gasteiger partial charge on any atom is 0.337 e. The summed E-state index contributed by atoms with van der Waals surface area (Å²) in [6.45, 7) is 0. The highest BCUT2D eigenvalue weighted by atomic mass is 79.9. The van der Waals surface area contributed by atoms with Gasteiger partial charge in [-0.25, -0.2) is 4.79 Å². The predicted octanol–water partition coefficient (Wildman–Crippen LogP) is 4.56. The first kappa shape index (κ1) is 13.1. The van der Waals surface area contributed by atoms with Crippen molar-refractivity contribution in [1.82, 2.24) is 0 Å². The zero-order chi connectivity index (χ0) is 13.1. The summed E-state index contributed by atoms with van der Waals surface area (Å²) in [7, 11) is 1.36. The van der Waals surface area contributed by atoms with Crippen molar-refractivity contribution in [1.29, 1.82) is 0 Å². The molecule has 0 unspecified atom stereocenters. The Labute approximate surface area is 119 Å². The Morgan fingerprint density at radius 3 is 2.67 bits per heavy atom. The molecule has 0 N–H and O–H groups in total. The predicted molar refractivity (Wildman–Crippen MR) is 75.9 cm³/mol. The molecule has 0 atom stereocenters. The van der Waals surface area contributed by atoms with E-state index in [-0.39, 0.29) is 5.97 Å². The van der Waals surface area contributed by atoms with Crippen LogP contribution in [0.1, 0.15) is 10.4 Å². The molecular weight excluding hydrogens is 316 g/mol. The summed E-state index contributed by atoms with van der Waals surface area (Å²) in [5, 5.41) is 0.631. The van der Waals surface area contributed by atoms with E-state index in [0.29, 0.717) is 10.6 Å². The van der Waals surface area contributed by atoms with Gasteiger partial charge in [-0.05, 0) is 29.8 Å². The van der Waals surface area contributed by atoms with E-state index in [9.17, 15) is 4.79 Å². The number of ether oxygens (including phenoxy) is 1. The number of hydrogen-bond acceptors (Lipinski definition) is 2. The van der Waals surface area contributed by atoms with Gasteiger partial charge in [-0.2, -0.15) is 0 Å². The highest BCUT2D eigenvalue weighted by Crippen LogP contribution is 2.30. The van der Waals surface area contributed by atoms with Crippen LogP contribution >= 0.6 is 27.5 Å². The van der Waals surface area contributed by atoms with Gasteiger partial charge in [0.15, 0.2) is 0 Å². The molecule has 0 aliphatic carbocycles. The molecule has 4 heteroatoms. The van der Waals surface area contributed by atoms with E-state index in [1.807, 2.05) is 24.3 Å². The molecule has 0 aromatic heterocycles. The molecule has 0 saturated heterocycles. The average Bonchev–Trinajstić information content (AvgIpc) is 2.38. The Kier molecular flexibility index (Phi) is 4.04. The minimum atomic E-state index is -0.356. The maximum absolute atomic E-state index is 11.5. The van der Waals surface area contributed by atoms with Crippen molar-refractivity contribution in [3.63, 3.8) is 0 Å². The molecule has 0 spiro atoms. The fourth-order valence-corrected chi connectivity index (χ4v) is 2.44. The Hall–Kier alpha value is -1.32. The number of carbonyl (C=O) groups excluding carboxylic acids is 1. The first-order valence-electron chi connectivity index (χ1n) is 5.25. The summed E-state index contributed by atoms with van der Waals surface area (Å²) in [5.41, 5.74) is 2.27. The molecular formula is C14H10BrClO2. The van der Waals surface area contributed by atoms with Crippen molar-refractivity contribution in [2.24, 2.45) is 0 Å². The quantitative estimate of drug-likeness (QED) is 0.757. The van der Waals surface area contributed by atoms with Gasteiger partial charge in [-0.3, -0.25) is 0 Å². The first-order valence-corrected chi connectivity index (χ1v) is 6.42. The van der Waals surface area contributed by atoms with Gasteiger partial charge in [0, 0.05) is 15.1 Å². The zero-order valence-corrected chi connectivity index (χ0v) is 12.0. The molecule has 0 heterocycles. The van der Waals surface area contributed by atoms with Crippen LogP contribution in [0.4, 0.5) is 0 Å². The van der Waals surface area contributed by atoms with Crippen LogP contribution < -0.4 is 0 Å². The highest BCUT2D eigenvalue weighted by molar-refractivity contribution is 9.10. The van der Waals surface area contributed by atoms with Crippen LogP contribution in [0, 0.1) is 0 Å². The van der Waals surface area contributed by atoms with Crippen molar-refractivity contribution in [2.45, 2.75) is 0 Å². The van der Waals surface area contributed by atoms with E-state index < -0.39 is 0 Å². The molecule has 0 amide bonds. The Bertz CT molecular complexity index is 596. The minimum Gasteiger partial charge on any atom is -0.465 e. The topological polar surface area (TPSA) is 26.3 Å². The summed E-state index contributed by atoms with van der Waals surface area (Å²) in [6, 6.07) is 12.8. The van der Waals surface area contributed by atoms with Gasteiger partial charge in [0.1, 0.15) is 0 Å². The first-order chi connectivity index (χ1) is 8.61.